The number of H-pyrrole nitrogens is 1. The van der Waals surface area contributed by atoms with Crippen molar-refractivity contribution in [3.8, 4) is 39.3 Å². The number of nitrogens with one attached hydrogen (secondary N) is 1. The molecule has 3 nitrogen and oxygen atoms in total. The number of phenols is 1. The molecule has 0 saturated carbocycles. The van der Waals surface area contributed by atoms with E-state index in [1.165, 1.54) is 10.8 Å². The molecule has 0 atom stereocenters. The number of rotatable bonds is 3. The molecule has 0 amide bonds. The number of fused-ring (bicyclic) bond motifs is 3. The number of hydrogen-bond acceptors (Lipinski definition) is 2. The summed E-state index contributed by atoms with van der Waals surface area (Å²) in [6.07, 6.45) is 1.82. The minimum atomic E-state index is 0.253. The average Bonchev–Trinajstić information content (AvgIpc) is 3.24. The van der Waals surface area contributed by atoms with Gasteiger partial charge in [-0.05, 0) is 47.0 Å². The molecule has 32 heavy (non-hydrogen) atoms. The van der Waals surface area contributed by atoms with E-state index in [0.717, 1.165) is 44.5 Å². The van der Waals surface area contributed by atoms with Crippen molar-refractivity contribution in [2.45, 2.75) is 0 Å². The van der Waals surface area contributed by atoms with E-state index in [9.17, 15) is 5.11 Å². The number of aromatic hydroxyl groups is 1. The lowest BCUT2D eigenvalue weighted by molar-refractivity contribution is 0.475. The Morgan fingerprint density at radius 3 is 2.16 bits per heavy atom. The lowest BCUT2D eigenvalue weighted by Crippen LogP contribution is -1.92. The van der Waals surface area contributed by atoms with Crippen LogP contribution >= 0.6 is 0 Å². The second-order valence-electron chi connectivity index (χ2n) is 7.89. The van der Waals surface area contributed by atoms with Crippen LogP contribution in [0.3, 0.4) is 0 Å². The molecule has 0 spiro atoms. The maximum absolute atomic E-state index is 9.88. The van der Waals surface area contributed by atoms with E-state index in [1.807, 2.05) is 36.5 Å². The van der Waals surface area contributed by atoms with Crippen LogP contribution in [0, 0.1) is 0 Å². The molecular formula is C29H20N2O. The van der Waals surface area contributed by atoms with Crippen LogP contribution in [0.1, 0.15) is 0 Å². The minimum Gasteiger partial charge on any atom is -0.508 e. The van der Waals surface area contributed by atoms with E-state index in [1.54, 1.807) is 12.1 Å². The lowest BCUT2D eigenvalue weighted by atomic mass is 9.88. The lowest BCUT2D eigenvalue weighted by Gasteiger charge is -2.16. The molecule has 6 aromatic rings. The SMILES string of the molecule is Oc1ccc(-c2c(-c3ccccn3)cccc2-c2cccc3c2[nH]c2ccccc23)cc1. The molecule has 0 aliphatic heterocycles. The zero-order valence-corrected chi connectivity index (χ0v) is 17.3. The molecule has 152 valence electrons. The van der Waals surface area contributed by atoms with E-state index < -0.39 is 0 Å². The van der Waals surface area contributed by atoms with E-state index in [-0.39, 0.29) is 5.75 Å². The Kier molecular flexibility index (Phi) is 4.25. The van der Waals surface area contributed by atoms with Crippen molar-refractivity contribution in [2.24, 2.45) is 0 Å². The Hall–Kier alpha value is -4.37. The Labute approximate surface area is 185 Å². The second kappa shape index (κ2) is 7.40. The first kappa shape index (κ1) is 18.4. The molecule has 0 radical (unpaired) electrons. The van der Waals surface area contributed by atoms with Crippen LogP contribution in [0.15, 0.2) is 109 Å². The summed E-state index contributed by atoms with van der Waals surface area (Å²) in [5.41, 5.74) is 8.61. The summed E-state index contributed by atoms with van der Waals surface area (Å²) in [7, 11) is 0. The van der Waals surface area contributed by atoms with Crippen LogP contribution in [-0.4, -0.2) is 15.1 Å². The van der Waals surface area contributed by atoms with Gasteiger partial charge in [-0.2, -0.15) is 0 Å². The molecule has 0 saturated heterocycles. The minimum absolute atomic E-state index is 0.253. The van der Waals surface area contributed by atoms with Crippen molar-refractivity contribution < 1.29 is 5.11 Å². The van der Waals surface area contributed by atoms with Gasteiger partial charge < -0.3 is 10.1 Å². The van der Waals surface area contributed by atoms with Crippen LogP contribution in [0.4, 0.5) is 0 Å². The standard InChI is InChI=1S/C29H20N2O/c32-20-16-14-19(15-17-20)28-22(8-5-11-25(28)26-12-3-4-18-30-26)24-10-6-9-23-21-7-1-2-13-27(21)31-29(23)24/h1-18,31-32H. The van der Waals surface area contributed by atoms with E-state index in [0.29, 0.717) is 0 Å². The summed E-state index contributed by atoms with van der Waals surface area (Å²) in [4.78, 5) is 8.26. The third-order valence-electron chi connectivity index (χ3n) is 5.99. The molecule has 6 rings (SSSR count). The number of phenolic OH excluding ortho intramolecular Hbond substituents is 1. The van der Waals surface area contributed by atoms with E-state index in [4.69, 9.17) is 0 Å². The highest BCUT2D eigenvalue weighted by Gasteiger charge is 2.17. The molecule has 3 heteroatoms. The van der Waals surface area contributed by atoms with Gasteiger partial charge in [0.15, 0.2) is 0 Å². The molecule has 4 aromatic carbocycles. The summed E-state index contributed by atoms with van der Waals surface area (Å²) in [5, 5.41) is 12.3. The highest BCUT2D eigenvalue weighted by molar-refractivity contribution is 6.13. The predicted molar refractivity (Wildman–Crippen MR) is 132 cm³/mol. The summed E-state index contributed by atoms with van der Waals surface area (Å²) >= 11 is 0. The van der Waals surface area contributed by atoms with Crippen LogP contribution in [0.5, 0.6) is 5.75 Å². The fourth-order valence-electron chi connectivity index (χ4n) is 4.55. The Morgan fingerprint density at radius 2 is 1.31 bits per heavy atom. The molecular weight excluding hydrogens is 392 g/mol. The number of benzene rings is 4. The van der Waals surface area contributed by atoms with Gasteiger partial charge in [-0.15, -0.1) is 0 Å². The van der Waals surface area contributed by atoms with Crippen molar-refractivity contribution in [2.75, 3.05) is 0 Å². The topological polar surface area (TPSA) is 48.9 Å². The van der Waals surface area contributed by atoms with Gasteiger partial charge in [-0.3, -0.25) is 4.98 Å². The highest BCUT2D eigenvalue weighted by atomic mass is 16.3. The zero-order chi connectivity index (χ0) is 21.5. The average molecular weight is 412 g/mol. The second-order valence-corrected chi connectivity index (χ2v) is 7.89. The van der Waals surface area contributed by atoms with Gasteiger partial charge in [0.2, 0.25) is 0 Å². The first-order valence-corrected chi connectivity index (χ1v) is 10.6. The van der Waals surface area contributed by atoms with Crippen LogP contribution in [0.25, 0.3) is 55.3 Å². The van der Waals surface area contributed by atoms with Crippen LogP contribution < -0.4 is 0 Å². The number of hydrogen-bond donors (Lipinski definition) is 2. The van der Waals surface area contributed by atoms with E-state index >= 15 is 0 Å². The fourth-order valence-corrected chi connectivity index (χ4v) is 4.55. The highest BCUT2D eigenvalue weighted by Crippen LogP contribution is 2.42. The molecule has 0 aliphatic rings. The van der Waals surface area contributed by atoms with Crippen LogP contribution in [0.2, 0.25) is 0 Å². The van der Waals surface area contributed by atoms with Crippen molar-refractivity contribution >= 4 is 21.8 Å². The van der Waals surface area contributed by atoms with Gasteiger partial charge in [0.1, 0.15) is 5.75 Å². The zero-order valence-electron chi connectivity index (χ0n) is 17.3. The molecule has 2 N–H and O–H groups in total. The summed E-state index contributed by atoms with van der Waals surface area (Å²) in [6.45, 7) is 0. The normalized spacial score (nSPS) is 11.2. The molecule has 2 aromatic heterocycles. The monoisotopic (exact) mass is 412 g/mol. The smallest absolute Gasteiger partial charge is 0.115 e. The number of nitrogens with zero attached hydrogens (tertiary/aromatic N) is 1. The molecule has 0 bridgehead atoms. The van der Waals surface area contributed by atoms with Gasteiger partial charge in [-0.25, -0.2) is 0 Å². The number of pyridine rings is 1. The first-order chi connectivity index (χ1) is 15.8. The summed E-state index contributed by atoms with van der Waals surface area (Å²) in [6, 6.07) is 34.6. The fraction of sp³-hybridized carbons (Fsp3) is 0. The van der Waals surface area contributed by atoms with Crippen molar-refractivity contribution in [1.29, 1.82) is 0 Å². The summed E-state index contributed by atoms with van der Waals surface area (Å²) in [5.74, 6) is 0.253. The number of aromatic nitrogens is 2. The Morgan fingerprint density at radius 1 is 0.594 bits per heavy atom. The first-order valence-electron chi connectivity index (χ1n) is 10.6. The predicted octanol–water partition coefficient (Wildman–Crippen LogP) is 7.42. The van der Waals surface area contributed by atoms with Crippen LogP contribution in [-0.2, 0) is 0 Å². The number of aromatic amines is 1. The van der Waals surface area contributed by atoms with Gasteiger partial charge in [0.05, 0.1) is 11.2 Å². The maximum atomic E-state index is 9.88. The third-order valence-corrected chi connectivity index (χ3v) is 5.99. The van der Waals surface area contributed by atoms with Crippen molar-refractivity contribution in [3.05, 3.63) is 109 Å². The maximum Gasteiger partial charge on any atom is 0.115 e. The molecule has 2 heterocycles. The number of para-hydroxylation sites is 2. The molecule has 0 fully saturated rings. The largest absolute Gasteiger partial charge is 0.508 e. The third kappa shape index (κ3) is 2.95. The van der Waals surface area contributed by atoms with Gasteiger partial charge in [0, 0.05) is 33.6 Å². The Bertz CT molecular complexity index is 1560. The summed E-state index contributed by atoms with van der Waals surface area (Å²) < 4.78 is 0. The van der Waals surface area contributed by atoms with Gasteiger partial charge in [0.25, 0.3) is 0 Å². The Balaban J connectivity index is 1.70. The molecule has 0 unspecified atom stereocenters. The van der Waals surface area contributed by atoms with Gasteiger partial charge >= 0.3 is 0 Å². The van der Waals surface area contributed by atoms with Crippen molar-refractivity contribution in [3.63, 3.8) is 0 Å². The van der Waals surface area contributed by atoms with Gasteiger partial charge in [-0.1, -0.05) is 72.8 Å². The van der Waals surface area contributed by atoms with Crippen molar-refractivity contribution in [1.82, 2.24) is 9.97 Å². The quantitative estimate of drug-likeness (QED) is 0.318. The molecule has 0 aliphatic carbocycles. The van der Waals surface area contributed by atoms with E-state index in [2.05, 4.69) is 70.6 Å².